The highest BCUT2D eigenvalue weighted by Gasteiger charge is 2.48. The highest BCUT2D eigenvalue weighted by atomic mass is 19.4. The van der Waals surface area contributed by atoms with Gasteiger partial charge < -0.3 is 15.3 Å². The van der Waals surface area contributed by atoms with Gasteiger partial charge in [0.2, 0.25) is 5.91 Å². The van der Waals surface area contributed by atoms with Crippen LogP contribution in [0.3, 0.4) is 0 Å². The van der Waals surface area contributed by atoms with Crippen molar-refractivity contribution in [3.05, 3.63) is 72.6 Å². The highest BCUT2D eigenvalue weighted by molar-refractivity contribution is 5.91. The first kappa shape index (κ1) is 29.5. The molecule has 5 heterocycles. The first-order valence-electron chi connectivity index (χ1n) is 15.3. The molecule has 10 nitrogen and oxygen atoms in total. The van der Waals surface area contributed by atoms with E-state index in [1.165, 1.54) is 12.4 Å². The lowest BCUT2D eigenvalue weighted by atomic mass is 9.79. The predicted octanol–water partition coefficient (Wildman–Crippen LogP) is 4.42. The zero-order valence-electron chi connectivity index (χ0n) is 24.5. The predicted molar refractivity (Wildman–Crippen MR) is 160 cm³/mol. The van der Waals surface area contributed by atoms with Crippen molar-refractivity contribution in [3.63, 3.8) is 0 Å². The topological polar surface area (TPSA) is 120 Å². The van der Waals surface area contributed by atoms with Gasteiger partial charge in [0.05, 0.1) is 23.3 Å². The number of carbonyl (C=O) groups excluding carboxylic acids is 1. The number of rotatable bonds is 6. The van der Waals surface area contributed by atoms with Gasteiger partial charge in [-0.3, -0.25) is 14.7 Å². The molecule has 1 aromatic carbocycles. The molecule has 7 rings (SSSR count). The van der Waals surface area contributed by atoms with Gasteiger partial charge in [-0.25, -0.2) is 19.9 Å². The summed E-state index contributed by atoms with van der Waals surface area (Å²) in [6.45, 7) is 1.45. The van der Waals surface area contributed by atoms with E-state index < -0.39 is 17.3 Å². The van der Waals surface area contributed by atoms with Crippen LogP contribution in [0.15, 0.2) is 61.3 Å². The molecule has 2 unspecified atom stereocenters. The maximum Gasteiger partial charge on any atom is 0.416 e. The Morgan fingerprint density at radius 2 is 1.73 bits per heavy atom. The first-order valence-corrected chi connectivity index (χ1v) is 15.3. The summed E-state index contributed by atoms with van der Waals surface area (Å²) in [6.07, 6.45) is 6.49. The second kappa shape index (κ2) is 11.6. The molecular formula is C32H33F3N8O2. The number of pyridine rings is 1. The molecule has 234 valence electrons. The SMILES string of the molecule is O=C(CNc1ncnc2ccc(C(F)(F)F)cc12)N1CCC2C1CCN2C1CCC(O)(c2ccc(-c3ncccn3)cn2)CC1. The maximum absolute atomic E-state index is 13.3. The number of alkyl halides is 3. The number of benzene rings is 1. The molecule has 13 heteroatoms. The molecule has 1 amide bonds. The van der Waals surface area contributed by atoms with Crippen LogP contribution in [0, 0.1) is 0 Å². The largest absolute Gasteiger partial charge is 0.416 e. The highest BCUT2D eigenvalue weighted by Crippen LogP contribution is 2.42. The molecule has 2 atom stereocenters. The number of likely N-dealkylation sites (tertiary alicyclic amines) is 2. The Morgan fingerprint density at radius 1 is 0.956 bits per heavy atom. The van der Waals surface area contributed by atoms with E-state index in [-0.39, 0.29) is 35.7 Å². The number of carbonyl (C=O) groups is 1. The quantitative estimate of drug-likeness (QED) is 0.324. The monoisotopic (exact) mass is 618 g/mol. The van der Waals surface area contributed by atoms with Crippen molar-refractivity contribution in [1.82, 2.24) is 34.7 Å². The number of nitrogens with one attached hydrogen (secondary N) is 1. The smallest absolute Gasteiger partial charge is 0.384 e. The number of aromatic nitrogens is 5. The molecule has 2 saturated heterocycles. The summed E-state index contributed by atoms with van der Waals surface area (Å²) in [7, 11) is 0. The third-order valence-electron chi connectivity index (χ3n) is 9.62. The van der Waals surface area contributed by atoms with E-state index in [4.69, 9.17) is 0 Å². The van der Waals surface area contributed by atoms with E-state index in [2.05, 4.69) is 35.1 Å². The lowest BCUT2D eigenvalue weighted by Crippen LogP contribution is -2.47. The van der Waals surface area contributed by atoms with Crippen LogP contribution in [-0.2, 0) is 16.6 Å². The number of hydrogen-bond acceptors (Lipinski definition) is 9. The van der Waals surface area contributed by atoms with Crippen LogP contribution in [0.1, 0.15) is 49.8 Å². The van der Waals surface area contributed by atoms with Crippen molar-refractivity contribution >= 4 is 22.6 Å². The summed E-state index contributed by atoms with van der Waals surface area (Å²) in [5, 5.41) is 14.7. The Kier molecular flexibility index (Phi) is 7.60. The standard InChI is InChI=1S/C32H33F3N8O2/c33-32(34,35)21-3-4-24-23(16-21)30(41-19-40-24)39-18-28(44)43-15-9-25-26(43)8-14-42(25)22-6-10-31(45,11-7-22)27-5-2-20(17-38-27)29-36-12-1-13-37-29/h1-5,12-13,16-17,19,22,25-26,45H,6-11,14-15,18H2,(H,39,40,41). The van der Waals surface area contributed by atoms with Gasteiger partial charge in [-0.1, -0.05) is 0 Å². The number of anilines is 1. The van der Waals surface area contributed by atoms with Gasteiger partial charge in [0.25, 0.3) is 0 Å². The summed E-state index contributed by atoms with van der Waals surface area (Å²) in [5.74, 6) is 0.699. The van der Waals surface area contributed by atoms with E-state index in [0.29, 0.717) is 42.5 Å². The van der Waals surface area contributed by atoms with Crippen LogP contribution in [0.4, 0.5) is 19.0 Å². The molecule has 1 aliphatic carbocycles. The van der Waals surface area contributed by atoms with E-state index >= 15 is 0 Å². The summed E-state index contributed by atoms with van der Waals surface area (Å²) in [6, 6.07) is 9.51. The van der Waals surface area contributed by atoms with E-state index in [1.807, 2.05) is 17.0 Å². The minimum atomic E-state index is -4.49. The van der Waals surface area contributed by atoms with Crippen LogP contribution in [0.5, 0.6) is 0 Å². The average Bonchev–Trinajstić information content (AvgIpc) is 3.67. The summed E-state index contributed by atoms with van der Waals surface area (Å²) in [5.41, 5.74) is 0.0595. The Hall–Kier alpha value is -4.23. The molecular weight excluding hydrogens is 585 g/mol. The number of aliphatic hydroxyl groups is 1. The van der Waals surface area contributed by atoms with Crippen LogP contribution in [-0.4, -0.2) is 83.5 Å². The van der Waals surface area contributed by atoms with Gasteiger partial charge in [0.1, 0.15) is 17.7 Å². The Labute approximate surface area is 257 Å². The van der Waals surface area contributed by atoms with Crippen molar-refractivity contribution in [3.8, 4) is 11.4 Å². The zero-order valence-corrected chi connectivity index (χ0v) is 24.5. The number of hydrogen-bond donors (Lipinski definition) is 2. The lowest BCUT2D eigenvalue weighted by molar-refractivity contribution is -0.137. The molecule has 3 aliphatic rings. The van der Waals surface area contributed by atoms with Crippen LogP contribution in [0.2, 0.25) is 0 Å². The lowest BCUT2D eigenvalue weighted by Gasteiger charge is -2.41. The molecule has 2 N–H and O–H groups in total. The zero-order chi connectivity index (χ0) is 31.2. The summed E-state index contributed by atoms with van der Waals surface area (Å²) in [4.78, 5) is 39.0. The number of fused-ring (bicyclic) bond motifs is 2. The minimum absolute atomic E-state index is 0.0653. The normalized spacial score (nSPS) is 25.4. The number of amides is 1. The van der Waals surface area contributed by atoms with Gasteiger partial charge in [0.15, 0.2) is 5.82 Å². The van der Waals surface area contributed by atoms with Crippen LogP contribution >= 0.6 is 0 Å². The van der Waals surface area contributed by atoms with Gasteiger partial charge in [0, 0.05) is 60.8 Å². The number of halogens is 3. The molecule has 3 fully saturated rings. The molecule has 1 saturated carbocycles. The molecule has 0 spiro atoms. The van der Waals surface area contributed by atoms with Gasteiger partial charge >= 0.3 is 6.18 Å². The molecule has 4 aromatic rings. The van der Waals surface area contributed by atoms with E-state index in [1.54, 1.807) is 24.7 Å². The van der Waals surface area contributed by atoms with Crippen molar-refractivity contribution in [1.29, 1.82) is 0 Å². The molecule has 3 aromatic heterocycles. The average molecular weight is 619 g/mol. The van der Waals surface area contributed by atoms with Gasteiger partial charge in [-0.15, -0.1) is 0 Å². The Morgan fingerprint density at radius 3 is 2.47 bits per heavy atom. The Balaban J connectivity index is 0.957. The van der Waals surface area contributed by atoms with Crippen LogP contribution < -0.4 is 5.32 Å². The van der Waals surface area contributed by atoms with Crippen molar-refractivity contribution in [2.24, 2.45) is 0 Å². The third-order valence-corrected chi connectivity index (χ3v) is 9.62. The molecule has 45 heavy (non-hydrogen) atoms. The van der Waals surface area contributed by atoms with Crippen molar-refractivity contribution in [2.45, 2.75) is 68.4 Å². The molecule has 2 aliphatic heterocycles. The van der Waals surface area contributed by atoms with E-state index in [0.717, 1.165) is 49.9 Å². The van der Waals surface area contributed by atoms with Crippen LogP contribution in [0.25, 0.3) is 22.3 Å². The second-order valence-electron chi connectivity index (χ2n) is 12.1. The summed E-state index contributed by atoms with van der Waals surface area (Å²) < 4.78 is 39.9. The Bertz CT molecular complexity index is 1680. The summed E-state index contributed by atoms with van der Waals surface area (Å²) >= 11 is 0. The molecule has 0 radical (unpaired) electrons. The van der Waals surface area contributed by atoms with Crippen molar-refractivity contribution < 1.29 is 23.1 Å². The maximum atomic E-state index is 13.3. The fraction of sp³-hybridized carbons (Fsp3) is 0.438. The fourth-order valence-electron chi connectivity index (χ4n) is 7.33. The number of nitrogens with zero attached hydrogens (tertiary/aromatic N) is 7. The first-order chi connectivity index (χ1) is 21.7. The molecule has 0 bridgehead atoms. The third kappa shape index (κ3) is 5.70. The van der Waals surface area contributed by atoms with Gasteiger partial charge in [-0.2, -0.15) is 13.2 Å². The fourth-order valence-corrected chi connectivity index (χ4v) is 7.33. The second-order valence-corrected chi connectivity index (χ2v) is 12.1. The van der Waals surface area contributed by atoms with E-state index in [9.17, 15) is 23.1 Å². The minimum Gasteiger partial charge on any atom is -0.384 e. The van der Waals surface area contributed by atoms with Gasteiger partial charge in [-0.05, 0) is 74.9 Å². The van der Waals surface area contributed by atoms with Crippen molar-refractivity contribution in [2.75, 3.05) is 25.0 Å².